The Balaban J connectivity index is 1.80. The highest BCUT2D eigenvalue weighted by Gasteiger charge is 2.32. The van der Waals surface area contributed by atoms with Crippen molar-refractivity contribution in [1.82, 2.24) is 0 Å². The van der Waals surface area contributed by atoms with Crippen LogP contribution in [0.5, 0.6) is 5.75 Å². The van der Waals surface area contributed by atoms with E-state index in [1.807, 2.05) is 30.3 Å². The van der Waals surface area contributed by atoms with Crippen LogP contribution in [0.3, 0.4) is 0 Å². The van der Waals surface area contributed by atoms with E-state index in [2.05, 4.69) is 4.99 Å². The molecule has 0 aromatic heterocycles. The van der Waals surface area contributed by atoms with E-state index in [-0.39, 0.29) is 23.2 Å². The van der Waals surface area contributed by atoms with Crippen LogP contribution in [-0.2, 0) is 4.79 Å². The first kappa shape index (κ1) is 16.7. The van der Waals surface area contributed by atoms with Gasteiger partial charge in [0.1, 0.15) is 23.1 Å². The van der Waals surface area contributed by atoms with Crippen LogP contribution in [0.15, 0.2) is 89.6 Å². The van der Waals surface area contributed by atoms with Gasteiger partial charge in [-0.05, 0) is 48.0 Å². The molecule has 0 saturated carbocycles. The summed E-state index contributed by atoms with van der Waals surface area (Å²) in [7, 11) is 0. The van der Waals surface area contributed by atoms with Gasteiger partial charge in [0.2, 0.25) is 0 Å². The van der Waals surface area contributed by atoms with E-state index in [9.17, 15) is 14.3 Å². The minimum Gasteiger partial charge on any atom is -0.508 e. The van der Waals surface area contributed by atoms with Gasteiger partial charge >= 0.3 is 0 Å². The second-order valence-electron chi connectivity index (χ2n) is 6.04. The van der Waals surface area contributed by atoms with E-state index in [0.29, 0.717) is 17.1 Å². The molecule has 1 aliphatic heterocycles. The zero-order valence-electron chi connectivity index (χ0n) is 14.2. The lowest BCUT2D eigenvalue weighted by Crippen LogP contribution is -2.32. The molecule has 0 aliphatic carbocycles. The van der Waals surface area contributed by atoms with Crippen molar-refractivity contribution in [2.45, 2.75) is 0 Å². The predicted octanol–water partition coefficient (Wildman–Crippen LogP) is 4.37. The second kappa shape index (κ2) is 6.88. The number of aromatic hydroxyl groups is 1. The summed E-state index contributed by atoms with van der Waals surface area (Å²) in [4.78, 5) is 19.1. The number of benzene rings is 3. The van der Waals surface area contributed by atoms with E-state index in [1.54, 1.807) is 30.3 Å². The fraction of sp³-hybridized carbons (Fsp3) is 0. The van der Waals surface area contributed by atoms with Crippen LogP contribution in [0.2, 0.25) is 0 Å². The quantitative estimate of drug-likeness (QED) is 0.707. The molecule has 0 spiro atoms. The molecule has 0 atom stereocenters. The van der Waals surface area contributed by atoms with Gasteiger partial charge in [-0.25, -0.2) is 9.38 Å². The average Bonchev–Trinajstić information content (AvgIpc) is 3.01. The second-order valence-corrected chi connectivity index (χ2v) is 6.04. The Morgan fingerprint density at radius 3 is 2.22 bits per heavy atom. The maximum absolute atomic E-state index is 13.1. The summed E-state index contributed by atoms with van der Waals surface area (Å²) in [5.74, 6) is -0.0108. The zero-order chi connectivity index (χ0) is 18.8. The Kier molecular flexibility index (Phi) is 4.26. The lowest BCUT2D eigenvalue weighted by Gasteiger charge is -2.18. The van der Waals surface area contributed by atoms with Crippen LogP contribution in [0.25, 0.3) is 6.08 Å². The lowest BCUT2D eigenvalue weighted by molar-refractivity contribution is -0.113. The molecule has 0 saturated heterocycles. The Bertz CT molecular complexity index is 1040. The molecule has 1 aliphatic rings. The van der Waals surface area contributed by atoms with Crippen LogP contribution in [-0.4, -0.2) is 16.8 Å². The summed E-state index contributed by atoms with van der Waals surface area (Å²) in [5, 5.41) is 9.54. The van der Waals surface area contributed by atoms with Crippen molar-refractivity contribution in [3.63, 3.8) is 0 Å². The molecule has 3 aromatic carbocycles. The predicted molar refractivity (Wildman–Crippen MR) is 103 cm³/mol. The molecular weight excluding hydrogens is 343 g/mol. The van der Waals surface area contributed by atoms with Crippen molar-refractivity contribution in [2.75, 3.05) is 4.90 Å². The summed E-state index contributed by atoms with van der Waals surface area (Å²) in [5.41, 5.74) is 2.33. The Morgan fingerprint density at radius 1 is 0.889 bits per heavy atom. The number of phenolic OH excluding ortho intramolecular Hbond substituents is 1. The smallest absolute Gasteiger partial charge is 0.282 e. The van der Waals surface area contributed by atoms with E-state index in [4.69, 9.17) is 0 Å². The van der Waals surface area contributed by atoms with E-state index < -0.39 is 0 Å². The van der Waals surface area contributed by atoms with Gasteiger partial charge in [-0.1, -0.05) is 42.5 Å². The number of hydrogen-bond donors (Lipinski definition) is 1. The first-order chi connectivity index (χ1) is 13.1. The molecule has 5 heteroatoms. The first-order valence-corrected chi connectivity index (χ1v) is 8.37. The summed E-state index contributed by atoms with van der Waals surface area (Å²) in [6, 6.07) is 21.6. The standard InChI is InChI=1S/C22H15FN2O2/c23-17-8-6-15(7-9-17)14-20-22(27)25(18-10-12-19(26)13-11-18)21(24-20)16-4-2-1-3-5-16/h1-14,26H. The Hall–Kier alpha value is -3.73. The van der Waals surface area contributed by atoms with E-state index >= 15 is 0 Å². The molecule has 0 bridgehead atoms. The normalized spacial score (nSPS) is 15.3. The SMILES string of the molecule is O=C1C(=Cc2ccc(F)cc2)N=C(c2ccccc2)N1c1ccc(O)cc1. The third kappa shape index (κ3) is 3.35. The van der Waals surface area contributed by atoms with Gasteiger partial charge in [-0.15, -0.1) is 0 Å². The fourth-order valence-corrected chi connectivity index (χ4v) is 2.86. The van der Waals surface area contributed by atoms with Gasteiger partial charge in [0.15, 0.2) is 0 Å². The molecule has 4 nitrogen and oxygen atoms in total. The van der Waals surface area contributed by atoms with Crippen molar-refractivity contribution in [3.8, 4) is 5.75 Å². The molecule has 3 aromatic rings. The summed E-state index contributed by atoms with van der Waals surface area (Å²) < 4.78 is 13.1. The molecule has 1 heterocycles. The van der Waals surface area contributed by atoms with Crippen molar-refractivity contribution < 1.29 is 14.3 Å². The summed E-state index contributed by atoms with van der Waals surface area (Å²) in [6.45, 7) is 0. The van der Waals surface area contributed by atoms with Crippen LogP contribution >= 0.6 is 0 Å². The first-order valence-electron chi connectivity index (χ1n) is 8.37. The van der Waals surface area contributed by atoms with Gasteiger partial charge in [-0.3, -0.25) is 9.69 Å². The van der Waals surface area contributed by atoms with Crippen LogP contribution in [0, 0.1) is 5.82 Å². The molecule has 4 rings (SSSR count). The molecular formula is C22H15FN2O2. The number of aliphatic imine (C=N–C) groups is 1. The van der Waals surface area contributed by atoms with E-state index in [1.165, 1.54) is 29.2 Å². The Morgan fingerprint density at radius 2 is 1.56 bits per heavy atom. The fourth-order valence-electron chi connectivity index (χ4n) is 2.86. The maximum Gasteiger partial charge on any atom is 0.282 e. The summed E-state index contributed by atoms with van der Waals surface area (Å²) in [6.07, 6.45) is 1.63. The number of halogens is 1. The monoisotopic (exact) mass is 358 g/mol. The van der Waals surface area contributed by atoms with Crippen molar-refractivity contribution in [2.24, 2.45) is 4.99 Å². The van der Waals surface area contributed by atoms with Crippen molar-refractivity contribution in [3.05, 3.63) is 102 Å². The molecule has 0 radical (unpaired) electrons. The molecule has 0 unspecified atom stereocenters. The van der Waals surface area contributed by atoms with Crippen LogP contribution in [0.1, 0.15) is 11.1 Å². The molecule has 1 amide bonds. The largest absolute Gasteiger partial charge is 0.508 e. The van der Waals surface area contributed by atoms with Gasteiger partial charge in [0.25, 0.3) is 5.91 Å². The number of rotatable bonds is 3. The highest BCUT2D eigenvalue weighted by molar-refractivity contribution is 6.33. The maximum atomic E-state index is 13.1. The number of carbonyl (C=O) groups is 1. The molecule has 0 fully saturated rings. The molecule has 1 N–H and O–H groups in total. The Labute approximate surface area is 155 Å². The van der Waals surface area contributed by atoms with Gasteiger partial charge < -0.3 is 5.11 Å². The third-order valence-electron chi connectivity index (χ3n) is 4.17. The number of hydrogen-bond acceptors (Lipinski definition) is 3. The number of phenols is 1. The number of nitrogens with zero attached hydrogens (tertiary/aromatic N) is 2. The van der Waals surface area contributed by atoms with Gasteiger partial charge in [-0.2, -0.15) is 0 Å². The minimum atomic E-state index is -0.339. The highest BCUT2D eigenvalue weighted by atomic mass is 19.1. The molecule has 27 heavy (non-hydrogen) atoms. The number of amidine groups is 1. The van der Waals surface area contributed by atoms with E-state index in [0.717, 1.165) is 5.56 Å². The number of amides is 1. The topological polar surface area (TPSA) is 52.9 Å². The minimum absolute atomic E-state index is 0.116. The third-order valence-corrected chi connectivity index (χ3v) is 4.17. The molecule has 132 valence electrons. The highest BCUT2D eigenvalue weighted by Crippen LogP contribution is 2.29. The summed E-state index contributed by atoms with van der Waals surface area (Å²) >= 11 is 0. The lowest BCUT2D eigenvalue weighted by atomic mass is 10.1. The van der Waals surface area contributed by atoms with Gasteiger partial charge in [0.05, 0.1) is 5.69 Å². The van der Waals surface area contributed by atoms with Crippen LogP contribution < -0.4 is 4.90 Å². The number of carbonyl (C=O) groups excluding carboxylic acids is 1. The average molecular weight is 358 g/mol. The van der Waals surface area contributed by atoms with Crippen LogP contribution in [0.4, 0.5) is 10.1 Å². The van der Waals surface area contributed by atoms with Gasteiger partial charge in [0, 0.05) is 5.56 Å². The van der Waals surface area contributed by atoms with Crippen molar-refractivity contribution >= 4 is 23.5 Å². The van der Waals surface area contributed by atoms with Crippen molar-refractivity contribution in [1.29, 1.82) is 0 Å². The number of anilines is 1. The zero-order valence-corrected chi connectivity index (χ0v) is 14.2.